The van der Waals surface area contributed by atoms with Crippen molar-refractivity contribution in [1.29, 1.82) is 0 Å². The van der Waals surface area contributed by atoms with E-state index in [2.05, 4.69) is 27.3 Å². The van der Waals surface area contributed by atoms with Crippen molar-refractivity contribution in [3.8, 4) is 0 Å². The second-order valence-electron chi connectivity index (χ2n) is 6.94. The average Bonchev–Trinajstić information content (AvgIpc) is 2.57. The van der Waals surface area contributed by atoms with Gasteiger partial charge in [-0.15, -0.1) is 0 Å². The number of nitrogens with zero attached hydrogens (tertiary/aromatic N) is 2. The Bertz CT molecular complexity index is 720. The molecule has 3 rings (SSSR count). The van der Waals surface area contributed by atoms with Gasteiger partial charge in [-0.05, 0) is 43.5 Å². The summed E-state index contributed by atoms with van der Waals surface area (Å²) < 4.78 is 0. The molecule has 132 valence electrons. The minimum atomic E-state index is -0.979. The van der Waals surface area contributed by atoms with Crippen LogP contribution in [0.1, 0.15) is 30.4 Å². The molecule has 1 fully saturated rings. The zero-order chi connectivity index (χ0) is 17.7. The third-order valence-corrected chi connectivity index (χ3v) is 4.69. The lowest BCUT2D eigenvalue weighted by Gasteiger charge is -2.39. The van der Waals surface area contributed by atoms with Crippen LogP contribution < -0.4 is 5.32 Å². The summed E-state index contributed by atoms with van der Waals surface area (Å²) in [4.78, 5) is 18.6. The number of aryl methyl sites for hydroxylation is 1. The first kappa shape index (κ1) is 17.6. The van der Waals surface area contributed by atoms with Crippen molar-refractivity contribution in [2.24, 2.45) is 0 Å². The van der Waals surface area contributed by atoms with E-state index in [1.165, 1.54) is 5.56 Å². The average molecular weight is 339 g/mol. The van der Waals surface area contributed by atoms with Crippen LogP contribution in [0, 0.1) is 6.92 Å². The maximum absolute atomic E-state index is 12.4. The molecule has 1 aromatic carbocycles. The molecule has 1 unspecified atom stereocenters. The van der Waals surface area contributed by atoms with E-state index in [0.29, 0.717) is 18.7 Å². The Balaban J connectivity index is 1.59. The Labute approximate surface area is 148 Å². The Morgan fingerprint density at radius 1 is 1.32 bits per heavy atom. The number of rotatable bonds is 5. The number of benzene rings is 1. The van der Waals surface area contributed by atoms with Gasteiger partial charge in [-0.3, -0.25) is 14.7 Å². The van der Waals surface area contributed by atoms with Crippen LogP contribution in [-0.4, -0.2) is 39.6 Å². The van der Waals surface area contributed by atoms with Crippen LogP contribution in [0.5, 0.6) is 0 Å². The number of likely N-dealkylation sites (tertiary alicyclic amines) is 1. The molecule has 0 spiro atoms. The van der Waals surface area contributed by atoms with E-state index in [4.69, 9.17) is 0 Å². The lowest BCUT2D eigenvalue weighted by atomic mass is 9.89. The van der Waals surface area contributed by atoms with Gasteiger partial charge in [0.15, 0.2) is 0 Å². The predicted octanol–water partition coefficient (Wildman–Crippen LogP) is 2.75. The van der Waals surface area contributed by atoms with Gasteiger partial charge in [0.25, 0.3) is 0 Å². The molecule has 5 nitrogen and oxygen atoms in total. The fourth-order valence-corrected chi connectivity index (χ4v) is 3.42. The van der Waals surface area contributed by atoms with Gasteiger partial charge in [-0.1, -0.05) is 30.3 Å². The molecule has 1 aromatic heterocycles. The molecule has 1 saturated heterocycles. The van der Waals surface area contributed by atoms with Crippen molar-refractivity contribution in [3.63, 3.8) is 0 Å². The maximum Gasteiger partial charge on any atom is 0.227 e. The number of aromatic nitrogens is 1. The molecule has 5 heteroatoms. The van der Waals surface area contributed by atoms with Gasteiger partial charge in [-0.25, -0.2) is 0 Å². The Morgan fingerprint density at radius 2 is 2.12 bits per heavy atom. The van der Waals surface area contributed by atoms with Crippen molar-refractivity contribution in [3.05, 3.63) is 59.9 Å². The number of pyridine rings is 1. The number of hydrogen-bond donors (Lipinski definition) is 2. The van der Waals surface area contributed by atoms with E-state index >= 15 is 0 Å². The number of carbonyl (C=O) groups is 1. The third kappa shape index (κ3) is 4.87. The molecule has 2 N–H and O–H groups in total. The highest BCUT2D eigenvalue weighted by molar-refractivity contribution is 5.91. The van der Waals surface area contributed by atoms with Crippen LogP contribution in [-0.2, 0) is 11.3 Å². The summed E-state index contributed by atoms with van der Waals surface area (Å²) in [5, 5.41) is 13.8. The number of aliphatic hydroxyl groups is 1. The largest absolute Gasteiger partial charge is 0.388 e. The first-order valence-corrected chi connectivity index (χ1v) is 8.73. The minimum Gasteiger partial charge on any atom is -0.388 e. The highest BCUT2D eigenvalue weighted by atomic mass is 16.3. The quantitative estimate of drug-likeness (QED) is 0.879. The SMILES string of the molecule is Cc1ccncc1NC(=O)CC1(O)CCCN(Cc2ccccc2)C1. The summed E-state index contributed by atoms with van der Waals surface area (Å²) in [5.41, 5.74) is 1.91. The zero-order valence-corrected chi connectivity index (χ0v) is 14.6. The van der Waals surface area contributed by atoms with Gasteiger partial charge in [0.2, 0.25) is 5.91 Å². The Hall–Kier alpha value is -2.24. The van der Waals surface area contributed by atoms with E-state index in [9.17, 15) is 9.90 Å². The number of anilines is 1. The Kier molecular flexibility index (Phi) is 5.46. The number of nitrogens with one attached hydrogen (secondary N) is 1. The number of amides is 1. The van der Waals surface area contributed by atoms with Crippen LogP contribution in [0.25, 0.3) is 0 Å². The summed E-state index contributed by atoms with van der Waals surface area (Å²) in [6, 6.07) is 12.1. The molecule has 2 aromatic rings. The molecule has 0 radical (unpaired) electrons. The lowest BCUT2D eigenvalue weighted by Crippen LogP contribution is -2.49. The summed E-state index contributed by atoms with van der Waals surface area (Å²) in [6.07, 6.45) is 4.98. The Morgan fingerprint density at radius 3 is 2.88 bits per heavy atom. The molecule has 0 aliphatic carbocycles. The zero-order valence-electron chi connectivity index (χ0n) is 14.6. The number of hydrogen-bond acceptors (Lipinski definition) is 4. The highest BCUT2D eigenvalue weighted by Crippen LogP contribution is 2.26. The second-order valence-corrected chi connectivity index (χ2v) is 6.94. The van der Waals surface area contributed by atoms with Crippen LogP contribution in [0.3, 0.4) is 0 Å². The van der Waals surface area contributed by atoms with Crippen molar-refractivity contribution < 1.29 is 9.90 Å². The van der Waals surface area contributed by atoms with Crippen LogP contribution in [0.2, 0.25) is 0 Å². The molecular weight excluding hydrogens is 314 g/mol. The molecule has 2 heterocycles. The smallest absolute Gasteiger partial charge is 0.227 e. The third-order valence-electron chi connectivity index (χ3n) is 4.69. The van der Waals surface area contributed by atoms with E-state index in [-0.39, 0.29) is 12.3 Å². The van der Waals surface area contributed by atoms with Gasteiger partial charge in [-0.2, -0.15) is 0 Å². The van der Waals surface area contributed by atoms with Crippen molar-refractivity contribution >= 4 is 11.6 Å². The fraction of sp³-hybridized carbons (Fsp3) is 0.400. The van der Waals surface area contributed by atoms with Crippen molar-refractivity contribution in [2.45, 2.75) is 38.3 Å². The van der Waals surface area contributed by atoms with E-state index in [1.54, 1.807) is 12.4 Å². The molecule has 25 heavy (non-hydrogen) atoms. The molecule has 1 amide bonds. The van der Waals surface area contributed by atoms with Gasteiger partial charge >= 0.3 is 0 Å². The monoisotopic (exact) mass is 339 g/mol. The standard InChI is InChI=1S/C20H25N3O2/c1-16-8-10-21-13-18(16)22-19(24)12-20(25)9-5-11-23(15-20)14-17-6-3-2-4-7-17/h2-4,6-8,10,13,25H,5,9,11-12,14-15H2,1H3,(H,22,24). The second kappa shape index (κ2) is 7.76. The molecule has 1 aliphatic heterocycles. The number of piperidine rings is 1. The first-order valence-electron chi connectivity index (χ1n) is 8.73. The van der Waals surface area contributed by atoms with Crippen LogP contribution >= 0.6 is 0 Å². The van der Waals surface area contributed by atoms with Gasteiger partial charge in [0, 0.05) is 19.3 Å². The summed E-state index contributed by atoms with van der Waals surface area (Å²) in [7, 11) is 0. The van der Waals surface area contributed by atoms with E-state index < -0.39 is 5.60 Å². The van der Waals surface area contributed by atoms with E-state index in [0.717, 1.165) is 25.1 Å². The van der Waals surface area contributed by atoms with Gasteiger partial charge in [0.05, 0.1) is 23.9 Å². The fourth-order valence-electron chi connectivity index (χ4n) is 3.42. The highest BCUT2D eigenvalue weighted by Gasteiger charge is 2.35. The topological polar surface area (TPSA) is 65.5 Å². The van der Waals surface area contributed by atoms with Gasteiger partial charge < -0.3 is 10.4 Å². The maximum atomic E-state index is 12.4. The van der Waals surface area contributed by atoms with Crippen LogP contribution in [0.4, 0.5) is 5.69 Å². The predicted molar refractivity (Wildman–Crippen MR) is 98.1 cm³/mol. The lowest BCUT2D eigenvalue weighted by molar-refractivity contribution is -0.123. The van der Waals surface area contributed by atoms with Crippen molar-refractivity contribution in [1.82, 2.24) is 9.88 Å². The summed E-state index contributed by atoms with van der Waals surface area (Å²) >= 11 is 0. The molecule has 0 saturated carbocycles. The minimum absolute atomic E-state index is 0.104. The van der Waals surface area contributed by atoms with Crippen molar-refractivity contribution in [2.75, 3.05) is 18.4 Å². The van der Waals surface area contributed by atoms with Crippen LogP contribution in [0.15, 0.2) is 48.8 Å². The first-order chi connectivity index (χ1) is 12.0. The summed E-state index contributed by atoms with van der Waals surface area (Å²) in [6.45, 7) is 4.18. The molecule has 1 atom stereocenters. The molecular formula is C20H25N3O2. The molecule has 0 bridgehead atoms. The van der Waals surface area contributed by atoms with E-state index in [1.807, 2.05) is 31.2 Å². The van der Waals surface area contributed by atoms with Gasteiger partial charge in [0.1, 0.15) is 0 Å². The summed E-state index contributed by atoms with van der Waals surface area (Å²) in [5.74, 6) is -0.167. The number of β-amino-alcohol motifs (C(OH)–C–C–N with tert-alkyl or cyclic N) is 1. The normalized spacial score (nSPS) is 21.0. The number of carbonyl (C=O) groups excluding carboxylic acids is 1. The molecule has 1 aliphatic rings.